The second kappa shape index (κ2) is 34.8. The molecule has 3 N–H and O–H groups in total. The Morgan fingerprint density at radius 3 is 1.13 bits per heavy atom. The minimum absolute atomic E-state index is 0.0195. The number of aliphatic hydroxyl groups excluding tert-OH is 1. The predicted octanol–water partition coefficient (Wildman–Crippen LogP) is 10.4. The van der Waals surface area contributed by atoms with Gasteiger partial charge in [0, 0.05) is 78.3 Å². The Balaban J connectivity index is 0.000000226. The number of hydrogen-bond acceptors (Lipinski definition) is 19. The number of aromatic nitrogens is 8. The van der Waals surface area contributed by atoms with E-state index in [0.717, 1.165) is 51.6 Å². The van der Waals surface area contributed by atoms with Crippen LogP contribution in [0.4, 0.5) is 34.6 Å². The predicted molar refractivity (Wildman–Crippen MR) is 424 cm³/mol. The van der Waals surface area contributed by atoms with Crippen LogP contribution in [-0.4, -0.2) is 103 Å². The SMILES string of the molecule is CCCCn1c(=O)c2c(n(C(=O)c3ccc(C)cc3)c1=O)N(c1ccc(CCO)cc1)c1[nH]c(=O)n(C(=O)c3ccc(C)cc3)c(=O)c1C2.CCCCn1c(=O)c2c(n(C(=O)c3ccc(C)cc3)c1=O)N(c1ccc(CCOP(OCCC#N)N(C(C)C)C(C)C)cc1)c1[nH]c(=O)n(C(=O)c3ccc(C)cc3)c(=O)c1C2. The van der Waals surface area contributed by atoms with Gasteiger partial charge in [0.05, 0.1) is 48.0 Å². The number of anilines is 6. The largest absolute Gasteiger partial charge is 0.396 e. The van der Waals surface area contributed by atoms with Gasteiger partial charge in [-0.25, -0.2) is 33.0 Å². The third kappa shape index (κ3) is 16.5. The van der Waals surface area contributed by atoms with Crippen molar-refractivity contribution >= 4 is 66.8 Å². The minimum Gasteiger partial charge on any atom is -0.396 e. The highest BCUT2D eigenvalue weighted by Crippen LogP contribution is 2.47. The quantitative estimate of drug-likeness (QED) is 0.0374. The molecule has 2 aliphatic rings. The van der Waals surface area contributed by atoms with Crippen molar-refractivity contribution in [3.8, 4) is 6.07 Å². The van der Waals surface area contributed by atoms with E-state index >= 15 is 0 Å². The molecule has 10 aromatic rings. The van der Waals surface area contributed by atoms with Crippen LogP contribution in [0.2, 0.25) is 0 Å². The monoisotopic (exact) mass is 1520 g/mol. The van der Waals surface area contributed by atoms with Crippen LogP contribution in [-0.2, 0) is 47.8 Å². The highest BCUT2D eigenvalue weighted by atomic mass is 31.2. The van der Waals surface area contributed by atoms with Crippen molar-refractivity contribution < 1.29 is 33.3 Å². The average Bonchev–Trinajstić information content (AvgIpc) is 0.719. The summed E-state index contributed by atoms with van der Waals surface area (Å²) in [6.07, 6.45) is 2.55. The third-order valence-electron chi connectivity index (χ3n) is 19.3. The lowest BCUT2D eigenvalue weighted by Gasteiger charge is -2.35. The number of benzene rings is 6. The van der Waals surface area contributed by atoms with Crippen LogP contribution in [0.1, 0.15) is 171 Å². The smallest absolute Gasteiger partial charge is 0.339 e. The number of aliphatic hydroxyl groups is 1. The van der Waals surface area contributed by atoms with Crippen molar-refractivity contribution in [1.82, 2.24) is 42.0 Å². The number of H-pyrrole nitrogens is 2. The molecule has 6 aromatic carbocycles. The Morgan fingerprint density at radius 2 is 0.802 bits per heavy atom. The molecular weight excluding hydrogens is 1440 g/mol. The molecule has 0 radical (unpaired) electrons. The van der Waals surface area contributed by atoms with Crippen molar-refractivity contribution in [2.45, 2.75) is 152 Å². The molecule has 0 saturated carbocycles. The first-order chi connectivity index (χ1) is 53.2. The van der Waals surface area contributed by atoms with Gasteiger partial charge in [0.15, 0.2) is 0 Å². The zero-order chi connectivity index (χ0) is 79.8. The second-order valence-corrected chi connectivity index (χ2v) is 29.4. The second-order valence-electron chi connectivity index (χ2n) is 27.9. The lowest BCUT2D eigenvalue weighted by molar-refractivity contribution is 0.0941. The van der Waals surface area contributed by atoms with Gasteiger partial charge >= 0.3 is 22.8 Å². The van der Waals surface area contributed by atoms with Crippen molar-refractivity contribution in [2.75, 3.05) is 29.6 Å². The fourth-order valence-electron chi connectivity index (χ4n) is 13.4. The fourth-order valence-corrected chi connectivity index (χ4v) is 15.0. The molecule has 574 valence electrons. The Labute approximate surface area is 639 Å². The van der Waals surface area contributed by atoms with Crippen molar-refractivity contribution in [2.24, 2.45) is 0 Å². The maximum absolute atomic E-state index is 14.6. The molecule has 0 spiro atoms. The summed E-state index contributed by atoms with van der Waals surface area (Å²) in [6, 6.07) is 42.2. The van der Waals surface area contributed by atoms with E-state index in [1.165, 1.54) is 34.1 Å². The molecule has 1 unspecified atom stereocenters. The number of nitrogens with zero attached hydrogens (tertiary/aromatic N) is 10. The van der Waals surface area contributed by atoms with Crippen LogP contribution in [0.25, 0.3) is 0 Å². The van der Waals surface area contributed by atoms with E-state index < -0.39 is 77.2 Å². The fraction of sp³-hybridized carbons (Fsp3) is 0.313. The van der Waals surface area contributed by atoms with Crippen molar-refractivity contribution in [1.29, 1.82) is 5.26 Å². The first kappa shape index (κ1) is 80.1. The van der Waals surface area contributed by atoms with Crippen molar-refractivity contribution in [3.05, 3.63) is 307 Å². The van der Waals surface area contributed by atoms with E-state index in [-0.39, 0.29) is 132 Å². The summed E-state index contributed by atoms with van der Waals surface area (Å²) < 4.78 is 19.4. The molecule has 0 bridgehead atoms. The number of unbranched alkanes of at least 4 members (excludes halogenated alkanes) is 2. The van der Waals surface area contributed by atoms with E-state index in [2.05, 4.69) is 48.4 Å². The van der Waals surface area contributed by atoms with Gasteiger partial charge in [-0.15, -0.1) is 0 Å². The molecular formula is C83H87N12O15P. The Morgan fingerprint density at radius 1 is 0.468 bits per heavy atom. The highest BCUT2D eigenvalue weighted by molar-refractivity contribution is 7.44. The molecule has 27 nitrogen and oxygen atoms in total. The zero-order valence-corrected chi connectivity index (χ0v) is 64.4. The molecule has 28 heteroatoms. The molecule has 0 amide bonds. The van der Waals surface area contributed by atoms with Crippen LogP contribution < -0.4 is 54.8 Å². The number of rotatable bonds is 24. The number of nitriles is 1. The van der Waals surface area contributed by atoms with Crippen LogP contribution >= 0.6 is 8.53 Å². The summed E-state index contributed by atoms with van der Waals surface area (Å²) in [6.45, 7) is 19.9. The van der Waals surface area contributed by atoms with E-state index in [9.17, 15) is 62.6 Å². The van der Waals surface area contributed by atoms with Gasteiger partial charge in [0.25, 0.3) is 54.4 Å². The Kier molecular flexibility index (Phi) is 25.1. The maximum Gasteiger partial charge on any atom is 0.339 e. The summed E-state index contributed by atoms with van der Waals surface area (Å²) in [5.41, 5.74) is -0.874. The van der Waals surface area contributed by atoms with E-state index in [0.29, 0.717) is 59.0 Å². The van der Waals surface area contributed by atoms with Crippen molar-refractivity contribution in [3.63, 3.8) is 0 Å². The molecule has 0 fully saturated rings. The number of hydrogen-bond donors (Lipinski definition) is 3. The normalized spacial score (nSPS) is 12.4. The van der Waals surface area contributed by atoms with Crippen LogP contribution in [0.5, 0.6) is 0 Å². The summed E-state index contributed by atoms with van der Waals surface area (Å²) in [5, 5.41) is 18.6. The maximum atomic E-state index is 14.6. The molecule has 0 aliphatic carbocycles. The molecule has 4 aromatic heterocycles. The third-order valence-corrected chi connectivity index (χ3v) is 21.4. The number of nitrogens with one attached hydrogen (secondary N) is 2. The number of aryl methyl sites for hydroxylation is 4. The first-order valence-corrected chi connectivity index (χ1v) is 38.0. The van der Waals surface area contributed by atoms with Crippen LogP contribution in [0.15, 0.2) is 184 Å². The lowest BCUT2D eigenvalue weighted by Crippen LogP contribution is -2.50. The lowest BCUT2D eigenvalue weighted by atomic mass is 10.0. The molecule has 12 rings (SSSR count). The van der Waals surface area contributed by atoms with Gasteiger partial charge < -0.3 is 14.2 Å². The van der Waals surface area contributed by atoms with Gasteiger partial charge in [-0.1, -0.05) is 122 Å². The summed E-state index contributed by atoms with van der Waals surface area (Å²) in [4.78, 5) is 178. The van der Waals surface area contributed by atoms with Gasteiger partial charge in [-0.05, 0) is 165 Å². The summed E-state index contributed by atoms with van der Waals surface area (Å²) >= 11 is 0. The minimum atomic E-state index is -1.47. The van der Waals surface area contributed by atoms with Gasteiger partial charge in [-0.2, -0.15) is 14.4 Å². The van der Waals surface area contributed by atoms with Crippen LogP contribution in [0.3, 0.4) is 0 Å². The Bertz CT molecular complexity index is 5760. The highest BCUT2D eigenvalue weighted by Gasteiger charge is 2.40. The molecule has 0 saturated heterocycles. The van der Waals surface area contributed by atoms with Gasteiger partial charge in [0.1, 0.15) is 23.3 Å². The van der Waals surface area contributed by atoms with E-state index in [4.69, 9.17) is 14.3 Å². The molecule has 111 heavy (non-hydrogen) atoms. The van der Waals surface area contributed by atoms with E-state index in [1.54, 1.807) is 121 Å². The standard InChI is InChI=1S/C46H52N7O8P.C37H35N5O7/c1-8-9-25-49-43(56)38-28-37-39(48-45(58)52(44(37)57)42(55)35-19-13-32(7)14-20-35)50(40(38)51(46(49)59)41(54)34-17-11-31(6)12-18-34)36-21-15-33(16-22-36)23-27-61-62(60-26-10-24-47)53(29(2)3)30(4)5;1-4-5-19-39-34(46)29-21-28-30(38-36(48)42(35(28)47)33(45)26-14-8-23(3)9-15-26)40(27-16-10-24(11-17-27)18-20-43)31(29)41(37(39)49)32(44)25-12-6-22(2)7-13-25/h11-22,29-30H,8-10,23,25-28H2,1-7H3,(H,48,58);6-17,43H,4-5,18-21H2,1-3H3,(H,38,48). The topological polar surface area (TPSA) is 338 Å². The molecule has 2 aliphatic heterocycles. The molecule has 6 heterocycles. The van der Waals surface area contributed by atoms with Crippen LogP contribution in [0, 0.1) is 39.0 Å². The Hall–Kier alpha value is -11.9. The first-order valence-electron chi connectivity index (χ1n) is 36.8. The number of aromatic amines is 2. The molecule has 1 atom stereocenters. The van der Waals surface area contributed by atoms with Gasteiger partial charge in [-0.3, -0.25) is 67.3 Å². The van der Waals surface area contributed by atoms with Gasteiger partial charge in [0.2, 0.25) is 0 Å². The summed E-state index contributed by atoms with van der Waals surface area (Å²) in [5.74, 6) is -3.53. The zero-order valence-electron chi connectivity index (χ0n) is 63.5. The number of carbonyl (C=O) groups excluding carboxylic acids is 4. The number of carbonyl (C=O) groups is 4. The average molecular weight is 1520 g/mol. The van der Waals surface area contributed by atoms with E-state index in [1.807, 2.05) is 41.5 Å². The number of fused-ring (bicyclic) bond motifs is 4. The summed E-state index contributed by atoms with van der Waals surface area (Å²) in [7, 11) is -1.47.